The first-order valence-corrected chi connectivity index (χ1v) is 8.88. The number of hydrogen-bond donors (Lipinski definition) is 1. The number of sulfone groups is 1. The Bertz CT molecular complexity index is 349. The van der Waals surface area contributed by atoms with Crippen LogP contribution in [0.15, 0.2) is 0 Å². The molecule has 0 bridgehead atoms. The molecule has 1 aliphatic heterocycles. The summed E-state index contributed by atoms with van der Waals surface area (Å²) in [5.74, 6) is 0.354. The number of ether oxygens (including phenoxy) is 1. The molecule has 2 fully saturated rings. The number of nitrogens with two attached hydrogens (primary N) is 1. The SMILES string of the molecule is NCC1CCCCCC1S(=O)(=O)CC1CCCO1. The van der Waals surface area contributed by atoms with Crippen LogP contribution in [0.4, 0.5) is 0 Å². The van der Waals surface area contributed by atoms with Gasteiger partial charge in [0.15, 0.2) is 9.84 Å². The van der Waals surface area contributed by atoms with Crippen molar-refractivity contribution in [3.05, 3.63) is 0 Å². The van der Waals surface area contributed by atoms with Crippen LogP contribution in [0.2, 0.25) is 0 Å². The van der Waals surface area contributed by atoms with Gasteiger partial charge in [-0.05, 0) is 38.1 Å². The van der Waals surface area contributed by atoms with Crippen molar-refractivity contribution in [3.63, 3.8) is 0 Å². The molecule has 2 rings (SSSR count). The lowest BCUT2D eigenvalue weighted by molar-refractivity contribution is 0.127. The second-order valence-electron chi connectivity index (χ2n) is 5.64. The average Bonchev–Trinajstić information content (AvgIpc) is 2.69. The molecule has 2 N–H and O–H groups in total. The van der Waals surface area contributed by atoms with Gasteiger partial charge in [0.25, 0.3) is 0 Å². The third kappa shape index (κ3) is 3.45. The first-order valence-electron chi connectivity index (χ1n) is 7.16. The minimum absolute atomic E-state index is 0.0725. The quantitative estimate of drug-likeness (QED) is 0.789. The normalized spacial score (nSPS) is 34.4. The van der Waals surface area contributed by atoms with Crippen molar-refractivity contribution in [2.75, 3.05) is 18.9 Å². The van der Waals surface area contributed by atoms with Crippen LogP contribution in [0.1, 0.15) is 44.9 Å². The first kappa shape index (κ1) is 14.3. The van der Waals surface area contributed by atoms with Crippen LogP contribution in [0.25, 0.3) is 0 Å². The lowest BCUT2D eigenvalue weighted by atomic mass is 10.0. The van der Waals surface area contributed by atoms with E-state index in [0.717, 1.165) is 44.9 Å². The molecule has 1 heterocycles. The maximum atomic E-state index is 12.5. The van der Waals surface area contributed by atoms with Gasteiger partial charge in [0.1, 0.15) is 0 Å². The number of rotatable bonds is 4. The fraction of sp³-hybridized carbons (Fsp3) is 1.00. The summed E-state index contributed by atoms with van der Waals surface area (Å²) in [6, 6.07) is 0. The lowest BCUT2D eigenvalue weighted by Crippen LogP contribution is -2.38. The lowest BCUT2D eigenvalue weighted by Gasteiger charge is -2.25. The van der Waals surface area contributed by atoms with Gasteiger partial charge >= 0.3 is 0 Å². The molecular formula is C13H25NO3S. The van der Waals surface area contributed by atoms with Crippen molar-refractivity contribution in [1.29, 1.82) is 0 Å². The molecule has 0 aromatic rings. The summed E-state index contributed by atoms with van der Waals surface area (Å²) >= 11 is 0. The van der Waals surface area contributed by atoms with Crippen LogP contribution in [0.5, 0.6) is 0 Å². The van der Waals surface area contributed by atoms with E-state index in [-0.39, 0.29) is 23.0 Å². The standard InChI is InChI=1S/C13H25NO3S/c14-9-11-5-2-1-3-7-13(11)18(15,16)10-12-6-4-8-17-12/h11-13H,1-10,14H2. The van der Waals surface area contributed by atoms with E-state index in [0.29, 0.717) is 13.2 Å². The zero-order valence-corrected chi connectivity index (χ0v) is 11.8. The van der Waals surface area contributed by atoms with Gasteiger partial charge in [-0.1, -0.05) is 19.3 Å². The molecule has 4 nitrogen and oxygen atoms in total. The molecular weight excluding hydrogens is 250 g/mol. The van der Waals surface area contributed by atoms with E-state index in [4.69, 9.17) is 10.5 Å². The Labute approximate surface area is 110 Å². The van der Waals surface area contributed by atoms with Crippen molar-refractivity contribution < 1.29 is 13.2 Å². The first-order chi connectivity index (χ1) is 8.63. The second-order valence-corrected chi connectivity index (χ2v) is 7.90. The smallest absolute Gasteiger partial charge is 0.156 e. The van der Waals surface area contributed by atoms with Crippen LogP contribution in [-0.4, -0.2) is 38.7 Å². The zero-order chi connectivity index (χ0) is 13.0. The molecule has 2 aliphatic rings. The third-order valence-corrected chi connectivity index (χ3v) is 6.68. The fourth-order valence-corrected chi connectivity index (χ4v) is 5.64. The van der Waals surface area contributed by atoms with Crippen LogP contribution in [0, 0.1) is 5.92 Å². The summed E-state index contributed by atoms with van der Waals surface area (Å²) in [4.78, 5) is 0. The van der Waals surface area contributed by atoms with E-state index >= 15 is 0 Å². The molecule has 0 aromatic heterocycles. The average molecular weight is 275 g/mol. The summed E-state index contributed by atoms with van der Waals surface area (Å²) in [5, 5.41) is -0.228. The fourth-order valence-electron chi connectivity index (χ4n) is 3.25. The van der Waals surface area contributed by atoms with E-state index in [2.05, 4.69) is 0 Å². The van der Waals surface area contributed by atoms with Crippen molar-refractivity contribution in [2.24, 2.45) is 11.7 Å². The second kappa shape index (κ2) is 6.35. The molecule has 0 aromatic carbocycles. The summed E-state index contributed by atoms with van der Waals surface area (Å²) in [6.45, 7) is 1.21. The van der Waals surface area contributed by atoms with Crippen molar-refractivity contribution in [1.82, 2.24) is 0 Å². The Morgan fingerprint density at radius 2 is 1.83 bits per heavy atom. The molecule has 0 spiro atoms. The van der Waals surface area contributed by atoms with Gasteiger partial charge < -0.3 is 10.5 Å². The molecule has 18 heavy (non-hydrogen) atoms. The van der Waals surface area contributed by atoms with E-state index in [1.54, 1.807) is 0 Å². The predicted molar refractivity (Wildman–Crippen MR) is 72.2 cm³/mol. The van der Waals surface area contributed by atoms with Gasteiger partial charge in [0, 0.05) is 6.61 Å². The Morgan fingerprint density at radius 1 is 1.06 bits per heavy atom. The Balaban J connectivity index is 2.05. The summed E-state index contributed by atoms with van der Waals surface area (Å²) in [6.07, 6.45) is 6.84. The minimum atomic E-state index is -3.06. The van der Waals surface area contributed by atoms with Crippen LogP contribution in [0.3, 0.4) is 0 Å². The molecule has 3 atom stereocenters. The van der Waals surface area contributed by atoms with Crippen molar-refractivity contribution in [2.45, 2.75) is 56.3 Å². The van der Waals surface area contributed by atoms with E-state index in [9.17, 15) is 8.42 Å². The third-order valence-electron chi connectivity index (χ3n) is 4.30. The van der Waals surface area contributed by atoms with E-state index in [1.165, 1.54) is 0 Å². The molecule has 5 heteroatoms. The molecule has 3 unspecified atom stereocenters. The van der Waals surface area contributed by atoms with Gasteiger partial charge in [-0.3, -0.25) is 0 Å². The van der Waals surface area contributed by atoms with Crippen molar-refractivity contribution >= 4 is 9.84 Å². The Morgan fingerprint density at radius 3 is 2.50 bits per heavy atom. The van der Waals surface area contributed by atoms with Gasteiger partial charge in [-0.2, -0.15) is 0 Å². The van der Waals surface area contributed by atoms with Gasteiger partial charge in [-0.25, -0.2) is 8.42 Å². The van der Waals surface area contributed by atoms with Crippen LogP contribution >= 0.6 is 0 Å². The molecule has 1 saturated carbocycles. The van der Waals surface area contributed by atoms with E-state index in [1.807, 2.05) is 0 Å². The molecule has 1 aliphatic carbocycles. The molecule has 1 saturated heterocycles. The highest BCUT2D eigenvalue weighted by molar-refractivity contribution is 7.92. The highest BCUT2D eigenvalue weighted by Crippen LogP contribution is 2.29. The summed E-state index contributed by atoms with van der Waals surface area (Å²) in [5.41, 5.74) is 5.77. The Hall–Kier alpha value is -0.130. The van der Waals surface area contributed by atoms with Crippen LogP contribution in [-0.2, 0) is 14.6 Å². The number of hydrogen-bond acceptors (Lipinski definition) is 4. The van der Waals surface area contributed by atoms with E-state index < -0.39 is 9.84 Å². The largest absolute Gasteiger partial charge is 0.377 e. The monoisotopic (exact) mass is 275 g/mol. The highest BCUT2D eigenvalue weighted by atomic mass is 32.2. The summed E-state index contributed by atoms with van der Waals surface area (Å²) < 4.78 is 30.5. The van der Waals surface area contributed by atoms with Gasteiger partial charge in [0.2, 0.25) is 0 Å². The van der Waals surface area contributed by atoms with Gasteiger partial charge in [-0.15, -0.1) is 0 Å². The topological polar surface area (TPSA) is 69.4 Å². The van der Waals surface area contributed by atoms with Gasteiger partial charge in [0.05, 0.1) is 17.1 Å². The highest BCUT2D eigenvalue weighted by Gasteiger charge is 2.35. The maximum absolute atomic E-state index is 12.5. The predicted octanol–water partition coefficient (Wildman–Crippen LogP) is 1.49. The zero-order valence-electron chi connectivity index (χ0n) is 11.0. The maximum Gasteiger partial charge on any atom is 0.156 e. The molecule has 106 valence electrons. The minimum Gasteiger partial charge on any atom is -0.377 e. The molecule has 0 radical (unpaired) electrons. The molecule has 0 amide bonds. The van der Waals surface area contributed by atoms with Crippen LogP contribution < -0.4 is 5.73 Å². The van der Waals surface area contributed by atoms with Crippen molar-refractivity contribution in [3.8, 4) is 0 Å². The Kier molecular flexibility index (Phi) is 5.04. The summed E-state index contributed by atoms with van der Waals surface area (Å²) in [7, 11) is -3.06.